The monoisotopic (exact) mass is 416 g/mol. The number of aryl methyl sites for hydroxylation is 2. The van der Waals surface area contributed by atoms with Crippen LogP contribution < -0.4 is 0 Å². The molecule has 0 bridgehead atoms. The smallest absolute Gasteiger partial charge is 0.243 e. The van der Waals surface area contributed by atoms with Gasteiger partial charge in [-0.3, -0.25) is 4.98 Å². The van der Waals surface area contributed by atoms with Crippen LogP contribution in [-0.2, 0) is 26.1 Å². The van der Waals surface area contributed by atoms with Crippen molar-refractivity contribution in [3.63, 3.8) is 0 Å². The van der Waals surface area contributed by atoms with Gasteiger partial charge in [0.1, 0.15) is 0 Å². The highest BCUT2D eigenvalue weighted by Crippen LogP contribution is 2.43. The van der Waals surface area contributed by atoms with E-state index in [1.165, 1.54) is 4.31 Å². The first-order valence-corrected chi connectivity index (χ1v) is 11.5. The maximum Gasteiger partial charge on any atom is 0.243 e. The van der Waals surface area contributed by atoms with Crippen molar-refractivity contribution in [1.82, 2.24) is 9.29 Å². The zero-order valence-electron chi connectivity index (χ0n) is 17.0. The maximum absolute atomic E-state index is 12.9. The predicted molar refractivity (Wildman–Crippen MR) is 110 cm³/mol. The first kappa shape index (κ1) is 20.5. The van der Waals surface area contributed by atoms with Crippen LogP contribution in [0.25, 0.3) is 0 Å². The van der Waals surface area contributed by atoms with Gasteiger partial charge in [0.15, 0.2) is 0 Å². The number of rotatable bonds is 7. The van der Waals surface area contributed by atoms with Crippen LogP contribution in [0, 0.1) is 19.8 Å². The minimum absolute atomic E-state index is 0.317. The molecule has 7 heteroatoms. The SMILES string of the molecule is Cc1ccc(S(=O)(=O)N2CC3(C2)OCC[C@H]3CCOCc2cccc(C)n2)cc1. The molecule has 2 aliphatic heterocycles. The Hall–Kier alpha value is -1.80. The van der Waals surface area contributed by atoms with E-state index in [0.717, 1.165) is 29.8 Å². The molecule has 0 amide bonds. The van der Waals surface area contributed by atoms with Gasteiger partial charge in [-0.2, -0.15) is 4.31 Å². The number of ether oxygens (including phenoxy) is 2. The van der Waals surface area contributed by atoms with Crippen LogP contribution in [-0.4, -0.2) is 49.6 Å². The van der Waals surface area contributed by atoms with Crippen molar-refractivity contribution in [1.29, 1.82) is 0 Å². The zero-order valence-corrected chi connectivity index (χ0v) is 17.8. The largest absolute Gasteiger partial charge is 0.375 e. The number of hydrogen-bond acceptors (Lipinski definition) is 5. The highest BCUT2D eigenvalue weighted by Gasteiger charge is 2.56. The van der Waals surface area contributed by atoms with Gasteiger partial charge in [-0.25, -0.2) is 8.42 Å². The third kappa shape index (κ3) is 4.23. The van der Waals surface area contributed by atoms with E-state index in [-0.39, 0.29) is 5.60 Å². The number of nitrogens with zero attached hydrogens (tertiary/aromatic N) is 2. The minimum Gasteiger partial charge on any atom is -0.375 e. The second-order valence-corrected chi connectivity index (χ2v) is 10.0. The minimum atomic E-state index is -3.46. The van der Waals surface area contributed by atoms with Gasteiger partial charge in [0.25, 0.3) is 0 Å². The van der Waals surface area contributed by atoms with Gasteiger partial charge in [0, 0.05) is 32.0 Å². The van der Waals surface area contributed by atoms with Gasteiger partial charge in [-0.15, -0.1) is 0 Å². The highest BCUT2D eigenvalue weighted by atomic mass is 32.2. The molecule has 2 fully saturated rings. The van der Waals surface area contributed by atoms with Crippen LogP contribution in [0.1, 0.15) is 29.8 Å². The van der Waals surface area contributed by atoms with Crippen LogP contribution in [0.2, 0.25) is 0 Å². The summed E-state index contributed by atoms with van der Waals surface area (Å²) in [5.74, 6) is 0.317. The molecule has 6 nitrogen and oxygen atoms in total. The second-order valence-electron chi connectivity index (χ2n) is 8.10. The van der Waals surface area contributed by atoms with Crippen molar-refractivity contribution in [3.8, 4) is 0 Å². The van der Waals surface area contributed by atoms with Gasteiger partial charge in [-0.1, -0.05) is 23.8 Å². The molecule has 2 aliphatic rings. The van der Waals surface area contributed by atoms with Gasteiger partial charge in [0.2, 0.25) is 10.0 Å². The topological polar surface area (TPSA) is 68.7 Å². The summed E-state index contributed by atoms with van der Waals surface area (Å²) in [5.41, 5.74) is 2.60. The summed E-state index contributed by atoms with van der Waals surface area (Å²) in [4.78, 5) is 4.80. The average molecular weight is 417 g/mol. The quantitative estimate of drug-likeness (QED) is 0.649. The van der Waals surface area contributed by atoms with Gasteiger partial charge >= 0.3 is 0 Å². The first-order valence-electron chi connectivity index (χ1n) is 10.1. The van der Waals surface area contributed by atoms with Crippen molar-refractivity contribution < 1.29 is 17.9 Å². The van der Waals surface area contributed by atoms with Crippen LogP contribution in [0.4, 0.5) is 0 Å². The van der Waals surface area contributed by atoms with E-state index in [1.54, 1.807) is 12.1 Å². The molecule has 1 spiro atoms. The lowest BCUT2D eigenvalue weighted by atomic mass is 9.80. The van der Waals surface area contributed by atoms with Gasteiger partial charge in [0.05, 0.1) is 22.8 Å². The molecule has 1 atom stereocenters. The zero-order chi connectivity index (χ0) is 20.5. The highest BCUT2D eigenvalue weighted by molar-refractivity contribution is 7.89. The predicted octanol–water partition coefficient (Wildman–Crippen LogP) is 3.08. The molecule has 3 heterocycles. The molecule has 0 aliphatic carbocycles. The first-order chi connectivity index (χ1) is 13.9. The van der Waals surface area contributed by atoms with Crippen LogP contribution >= 0.6 is 0 Å². The Morgan fingerprint density at radius 1 is 1.17 bits per heavy atom. The Labute approximate surface area is 172 Å². The van der Waals surface area contributed by atoms with E-state index in [2.05, 4.69) is 4.98 Å². The maximum atomic E-state index is 12.9. The van der Waals surface area contributed by atoms with E-state index in [1.807, 2.05) is 44.2 Å². The van der Waals surface area contributed by atoms with Crippen molar-refractivity contribution in [3.05, 3.63) is 59.4 Å². The normalized spacial score (nSPS) is 21.4. The number of aromatic nitrogens is 1. The molecular weight excluding hydrogens is 388 g/mol. The lowest BCUT2D eigenvalue weighted by Gasteiger charge is -2.49. The Morgan fingerprint density at radius 2 is 1.93 bits per heavy atom. The second kappa shape index (κ2) is 8.14. The molecule has 29 heavy (non-hydrogen) atoms. The fraction of sp³-hybridized carbons (Fsp3) is 0.500. The lowest BCUT2D eigenvalue weighted by Crippen LogP contribution is -2.65. The summed E-state index contributed by atoms with van der Waals surface area (Å²) >= 11 is 0. The van der Waals surface area contributed by atoms with E-state index in [9.17, 15) is 8.42 Å². The Morgan fingerprint density at radius 3 is 2.66 bits per heavy atom. The summed E-state index contributed by atoms with van der Waals surface area (Å²) in [7, 11) is -3.46. The van der Waals surface area contributed by atoms with Crippen molar-refractivity contribution in [2.45, 2.75) is 43.8 Å². The Kier molecular flexibility index (Phi) is 5.75. The molecule has 0 saturated carbocycles. The standard InChI is InChI=1S/C22H28N2O4S/c1-17-6-8-21(9-7-17)29(25,26)24-15-22(16-24)19(11-13-28-22)10-12-27-14-20-5-3-4-18(2)23-20/h3-9,19H,10-16H2,1-2H3/t19-/m1/s1. The van der Waals surface area contributed by atoms with Gasteiger partial charge < -0.3 is 9.47 Å². The molecule has 4 rings (SSSR count). The van der Waals surface area contributed by atoms with Crippen LogP contribution in [0.15, 0.2) is 47.4 Å². The molecule has 0 N–H and O–H groups in total. The fourth-order valence-corrected chi connectivity index (χ4v) is 5.76. The van der Waals surface area contributed by atoms with Gasteiger partial charge in [-0.05, 0) is 56.9 Å². The number of benzene rings is 1. The molecule has 0 radical (unpaired) electrons. The van der Waals surface area contributed by atoms with E-state index in [4.69, 9.17) is 9.47 Å². The van der Waals surface area contributed by atoms with Crippen LogP contribution in [0.3, 0.4) is 0 Å². The summed E-state index contributed by atoms with van der Waals surface area (Å²) in [5, 5.41) is 0. The molecule has 2 aromatic rings. The third-order valence-electron chi connectivity index (χ3n) is 5.95. The number of sulfonamides is 1. The third-order valence-corrected chi connectivity index (χ3v) is 7.76. The summed E-state index contributed by atoms with van der Waals surface area (Å²) in [6, 6.07) is 12.9. The Balaban J connectivity index is 1.30. The molecule has 0 unspecified atom stereocenters. The van der Waals surface area contributed by atoms with Crippen molar-refractivity contribution in [2.24, 2.45) is 5.92 Å². The Bertz CT molecular complexity index is 953. The average Bonchev–Trinajstić information content (AvgIpc) is 3.08. The summed E-state index contributed by atoms with van der Waals surface area (Å²) < 4.78 is 39.1. The summed E-state index contributed by atoms with van der Waals surface area (Å²) in [6.07, 6.45) is 1.81. The van der Waals surface area contributed by atoms with Crippen molar-refractivity contribution in [2.75, 3.05) is 26.3 Å². The fourth-order valence-electron chi connectivity index (χ4n) is 4.20. The molecule has 156 valence electrons. The molecule has 1 aromatic carbocycles. The van der Waals surface area contributed by atoms with E-state index >= 15 is 0 Å². The van der Waals surface area contributed by atoms with E-state index < -0.39 is 10.0 Å². The molecule has 2 saturated heterocycles. The summed E-state index contributed by atoms with van der Waals surface area (Å²) in [6.45, 7) is 6.56. The van der Waals surface area contributed by atoms with Crippen molar-refractivity contribution >= 4 is 10.0 Å². The van der Waals surface area contributed by atoms with E-state index in [0.29, 0.717) is 43.7 Å². The number of hydrogen-bond donors (Lipinski definition) is 0. The molecule has 1 aromatic heterocycles. The van der Waals surface area contributed by atoms with Crippen LogP contribution in [0.5, 0.6) is 0 Å². The molecular formula is C22H28N2O4S. The number of pyridine rings is 1. The lowest BCUT2D eigenvalue weighted by molar-refractivity contribution is -0.106.